The van der Waals surface area contributed by atoms with E-state index < -0.39 is 0 Å². The average Bonchev–Trinajstić information content (AvgIpc) is 3.09. The molecule has 0 bridgehead atoms. The Bertz CT molecular complexity index is 556. The number of allylic oxidation sites excluding steroid dienone is 2. The first-order chi connectivity index (χ1) is 15.1. The Kier molecular flexibility index (Phi) is 16.3. The zero-order valence-electron chi connectivity index (χ0n) is 20.9. The van der Waals surface area contributed by atoms with E-state index in [-0.39, 0.29) is 17.8 Å². The average molecular weight is 434 g/mol. The van der Waals surface area contributed by atoms with Gasteiger partial charge >= 0.3 is 0 Å². The van der Waals surface area contributed by atoms with Crippen LogP contribution in [0.2, 0.25) is 0 Å². The highest BCUT2D eigenvalue weighted by Gasteiger charge is 2.18. The number of rotatable bonds is 20. The van der Waals surface area contributed by atoms with Crippen LogP contribution in [0.1, 0.15) is 142 Å². The molecule has 0 fully saturated rings. The van der Waals surface area contributed by atoms with Crippen LogP contribution in [0.3, 0.4) is 0 Å². The fraction of sp³-hybridized carbons (Fsp3) is 0.786. The lowest BCUT2D eigenvalue weighted by Gasteiger charge is -2.22. The molecule has 1 aromatic heterocycles. The van der Waals surface area contributed by atoms with E-state index in [2.05, 4.69) is 26.8 Å². The van der Waals surface area contributed by atoms with Gasteiger partial charge in [-0.2, -0.15) is 0 Å². The second kappa shape index (κ2) is 18.2. The number of aromatic hydroxyl groups is 2. The summed E-state index contributed by atoms with van der Waals surface area (Å²) in [7, 11) is 0. The van der Waals surface area contributed by atoms with Crippen molar-refractivity contribution in [2.45, 2.75) is 142 Å². The molecule has 3 nitrogen and oxygen atoms in total. The molecule has 2 N–H and O–H groups in total. The first kappa shape index (κ1) is 27.7. The minimum Gasteiger partial charge on any atom is -0.494 e. The van der Waals surface area contributed by atoms with Crippen molar-refractivity contribution in [2.24, 2.45) is 0 Å². The van der Waals surface area contributed by atoms with Gasteiger partial charge in [-0.15, -0.1) is 0 Å². The first-order valence-electron chi connectivity index (χ1n) is 13.4. The van der Waals surface area contributed by atoms with Crippen LogP contribution in [0.15, 0.2) is 23.8 Å². The van der Waals surface area contributed by atoms with Crippen molar-refractivity contribution < 1.29 is 10.2 Å². The van der Waals surface area contributed by atoms with E-state index in [9.17, 15) is 10.2 Å². The molecular weight excluding hydrogens is 382 g/mol. The van der Waals surface area contributed by atoms with Crippen molar-refractivity contribution >= 4 is 0 Å². The Labute approximate surface area is 193 Å². The van der Waals surface area contributed by atoms with Crippen LogP contribution in [0.4, 0.5) is 0 Å². The Morgan fingerprint density at radius 2 is 1.13 bits per heavy atom. The lowest BCUT2D eigenvalue weighted by Crippen LogP contribution is -2.10. The summed E-state index contributed by atoms with van der Waals surface area (Å²) in [6.07, 6.45) is 26.0. The molecule has 1 aromatic rings. The van der Waals surface area contributed by atoms with Gasteiger partial charge in [0, 0.05) is 12.1 Å². The third kappa shape index (κ3) is 12.3. The third-order valence-electron chi connectivity index (χ3n) is 6.57. The minimum atomic E-state index is 0.0570. The zero-order valence-corrected chi connectivity index (χ0v) is 20.9. The molecule has 0 aromatic carbocycles. The zero-order chi connectivity index (χ0) is 22.7. The van der Waals surface area contributed by atoms with E-state index >= 15 is 0 Å². The highest BCUT2D eigenvalue weighted by Crippen LogP contribution is 2.34. The molecular formula is C28H51NO2. The van der Waals surface area contributed by atoms with Gasteiger partial charge in [0.2, 0.25) is 0 Å². The van der Waals surface area contributed by atoms with Gasteiger partial charge in [0.05, 0.1) is 6.04 Å². The molecule has 0 aliphatic carbocycles. The molecule has 1 rings (SSSR count). The summed E-state index contributed by atoms with van der Waals surface area (Å²) >= 11 is 0. The lowest BCUT2D eigenvalue weighted by atomic mass is 10.00. The molecule has 0 aliphatic heterocycles. The van der Waals surface area contributed by atoms with E-state index in [0.717, 1.165) is 25.7 Å². The largest absolute Gasteiger partial charge is 0.494 e. The monoisotopic (exact) mass is 433 g/mol. The topological polar surface area (TPSA) is 45.4 Å². The molecule has 0 spiro atoms. The van der Waals surface area contributed by atoms with Gasteiger partial charge in [-0.25, -0.2) is 0 Å². The summed E-state index contributed by atoms with van der Waals surface area (Å²) in [5.41, 5.74) is 1.25. The molecule has 1 heterocycles. The van der Waals surface area contributed by atoms with Crippen LogP contribution in [0.5, 0.6) is 11.8 Å². The summed E-state index contributed by atoms with van der Waals surface area (Å²) in [5.74, 6) is 0.311. The Hall–Kier alpha value is -1.38. The second-order valence-electron chi connectivity index (χ2n) is 9.41. The van der Waals surface area contributed by atoms with Crippen LogP contribution >= 0.6 is 0 Å². The van der Waals surface area contributed by atoms with Gasteiger partial charge in [0.15, 0.2) is 11.8 Å². The van der Waals surface area contributed by atoms with Gasteiger partial charge in [0.1, 0.15) is 0 Å². The maximum Gasteiger partial charge on any atom is 0.194 e. The number of nitrogens with zero attached hydrogens (tertiary/aromatic N) is 1. The number of aromatic nitrogens is 1. The Morgan fingerprint density at radius 1 is 0.710 bits per heavy atom. The van der Waals surface area contributed by atoms with E-state index in [1.165, 1.54) is 95.5 Å². The van der Waals surface area contributed by atoms with Crippen LogP contribution in [-0.2, 0) is 0 Å². The van der Waals surface area contributed by atoms with Crippen LogP contribution in [0, 0.1) is 0 Å². The SMILES string of the molecule is CCCCCCCCCCCCCCCCC=C(C)C(CCCC)n1c(O)ccc1O. The van der Waals surface area contributed by atoms with Crippen molar-refractivity contribution in [1.29, 1.82) is 0 Å². The molecule has 1 unspecified atom stereocenters. The molecule has 180 valence electrons. The van der Waals surface area contributed by atoms with Crippen molar-refractivity contribution in [2.75, 3.05) is 0 Å². The number of hydrogen-bond donors (Lipinski definition) is 2. The fourth-order valence-corrected chi connectivity index (χ4v) is 4.51. The minimum absolute atomic E-state index is 0.0570. The van der Waals surface area contributed by atoms with E-state index in [4.69, 9.17) is 0 Å². The number of unbranched alkanes of at least 4 members (excludes halogenated alkanes) is 15. The van der Waals surface area contributed by atoms with Crippen LogP contribution < -0.4 is 0 Å². The van der Waals surface area contributed by atoms with E-state index in [0.29, 0.717) is 0 Å². The Morgan fingerprint density at radius 3 is 1.58 bits per heavy atom. The molecule has 31 heavy (non-hydrogen) atoms. The quantitative estimate of drug-likeness (QED) is 0.159. The Balaban J connectivity index is 2.13. The molecule has 0 amide bonds. The second-order valence-corrected chi connectivity index (χ2v) is 9.41. The molecule has 1 atom stereocenters. The van der Waals surface area contributed by atoms with E-state index in [1.54, 1.807) is 16.7 Å². The molecule has 0 saturated carbocycles. The standard InChI is InChI=1S/C28H51NO2/c1-4-6-8-9-10-11-12-13-14-15-16-17-18-19-20-21-25(3)26(22-7-5-2)29-27(30)23-24-28(29)31/h21,23-24,26,30-31H,4-20,22H2,1-3H3. The maximum atomic E-state index is 10.1. The lowest BCUT2D eigenvalue weighted by molar-refractivity contribution is 0.337. The van der Waals surface area contributed by atoms with Gasteiger partial charge < -0.3 is 10.2 Å². The predicted molar refractivity (Wildman–Crippen MR) is 135 cm³/mol. The fourth-order valence-electron chi connectivity index (χ4n) is 4.51. The van der Waals surface area contributed by atoms with Gasteiger partial charge in [-0.3, -0.25) is 4.57 Å². The van der Waals surface area contributed by atoms with Crippen LogP contribution in [0.25, 0.3) is 0 Å². The first-order valence-corrected chi connectivity index (χ1v) is 13.4. The maximum absolute atomic E-state index is 10.1. The van der Waals surface area contributed by atoms with Crippen molar-refractivity contribution in [1.82, 2.24) is 4.57 Å². The molecule has 0 aliphatic rings. The smallest absolute Gasteiger partial charge is 0.194 e. The summed E-state index contributed by atoms with van der Waals surface area (Å²) in [5, 5.41) is 20.3. The van der Waals surface area contributed by atoms with Gasteiger partial charge in [0.25, 0.3) is 0 Å². The van der Waals surface area contributed by atoms with Gasteiger partial charge in [-0.1, -0.05) is 122 Å². The van der Waals surface area contributed by atoms with Gasteiger partial charge in [-0.05, 0) is 26.2 Å². The third-order valence-corrected chi connectivity index (χ3v) is 6.57. The van der Waals surface area contributed by atoms with Crippen LogP contribution in [-0.4, -0.2) is 14.8 Å². The molecule has 0 saturated heterocycles. The summed E-state index contributed by atoms with van der Waals surface area (Å²) in [6.45, 7) is 6.61. The van der Waals surface area contributed by atoms with Crippen molar-refractivity contribution in [3.05, 3.63) is 23.8 Å². The predicted octanol–water partition coefficient (Wildman–Crippen LogP) is 9.45. The number of hydrogen-bond acceptors (Lipinski definition) is 2. The molecule has 0 radical (unpaired) electrons. The van der Waals surface area contributed by atoms with Crippen molar-refractivity contribution in [3.8, 4) is 11.8 Å². The van der Waals surface area contributed by atoms with E-state index in [1.807, 2.05) is 0 Å². The summed E-state index contributed by atoms with van der Waals surface area (Å²) < 4.78 is 1.67. The summed E-state index contributed by atoms with van der Waals surface area (Å²) in [6, 6.07) is 3.21. The highest BCUT2D eigenvalue weighted by atomic mass is 16.3. The molecule has 3 heteroatoms. The summed E-state index contributed by atoms with van der Waals surface area (Å²) in [4.78, 5) is 0. The highest BCUT2D eigenvalue weighted by molar-refractivity contribution is 5.28. The van der Waals surface area contributed by atoms with Crippen molar-refractivity contribution in [3.63, 3.8) is 0 Å². The normalized spacial score (nSPS) is 13.1.